The Morgan fingerprint density at radius 2 is 1.91 bits per heavy atom. The summed E-state index contributed by atoms with van der Waals surface area (Å²) in [7, 11) is 0. The van der Waals surface area contributed by atoms with Crippen molar-refractivity contribution in [2.75, 3.05) is 6.54 Å². The third-order valence-corrected chi connectivity index (χ3v) is 2.77. The molecule has 0 aliphatic carbocycles. The van der Waals surface area contributed by atoms with E-state index in [-0.39, 0.29) is 19.4 Å². The van der Waals surface area contributed by atoms with E-state index in [9.17, 15) is 22.8 Å². The fourth-order valence-corrected chi connectivity index (χ4v) is 1.83. The van der Waals surface area contributed by atoms with E-state index in [0.717, 1.165) is 10.9 Å². The molecule has 1 amide bonds. The van der Waals surface area contributed by atoms with Gasteiger partial charge in [-0.25, -0.2) is 0 Å². The molecule has 0 unspecified atom stereocenters. The molecular weight excluding hydrogens is 303 g/mol. The minimum Gasteiger partial charge on any atom is -0.481 e. The van der Waals surface area contributed by atoms with E-state index >= 15 is 0 Å². The fraction of sp³-hybridized carbons (Fsp3) is 0.615. The lowest BCUT2D eigenvalue weighted by molar-refractivity contribution is -0.146. The average Bonchev–Trinajstić information content (AvgIpc) is 2.78. The molecule has 0 aliphatic rings. The Labute approximate surface area is 125 Å². The van der Waals surface area contributed by atoms with Crippen LogP contribution in [0.15, 0.2) is 6.20 Å². The van der Waals surface area contributed by atoms with Crippen molar-refractivity contribution in [3.63, 3.8) is 0 Å². The monoisotopic (exact) mass is 321 g/mol. The highest BCUT2D eigenvalue weighted by atomic mass is 19.4. The van der Waals surface area contributed by atoms with Gasteiger partial charge in [0.05, 0.1) is 17.3 Å². The first kappa shape index (κ1) is 18.0. The summed E-state index contributed by atoms with van der Waals surface area (Å²) in [6.07, 6.45) is -3.89. The lowest BCUT2D eigenvalue weighted by Gasteiger charge is -2.23. The molecule has 0 aromatic carbocycles. The third-order valence-electron chi connectivity index (χ3n) is 2.77. The summed E-state index contributed by atoms with van der Waals surface area (Å²) in [6, 6.07) is 0. The molecule has 9 heteroatoms. The number of aromatic nitrogens is 2. The predicted molar refractivity (Wildman–Crippen MR) is 71.4 cm³/mol. The standard InChI is InChI=1S/C13H18F3N3O3/c1-12(2,3)19-10(13(14,15)16)8(7-18-19)11(22)17-6-4-5-9(20)21/h7H,4-6H2,1-3H3,(H,17,22)(H,20,21). The molecule has 1 rings (SSSR count). The molecule has 0 saturated heterocycles. The maximum atomic E-state index is 13.2. The van der Waals surface area contributed by atoms with E-state index < -0.39 is 34.8 Å². The minimum absolute atomic E-state index is 0.0247. The fourth-order valence-electron chi connectivity index (χ4n) is 1.83. The zero-order valence-corrected chi connectivity index (χ0v) is 12.5. The molecule has 1 aromatic rings. The van der Waals surface area contributed by atoms with Crippen molar-refractivity contribution in [3.8, 4) is 0 Å². The zero-order chi connectivity index (χ0) is 17.1. The number of halogens is 3. The van der Waals surface area contributed by atoms with Crippen LogP contribution in [-0.4, -0.2) is 33.3 Å². The topological polar surface area (TPSA) is 84.2 Å². The number of nitrogens with one attached hydrogen (secondary N) is 1. The van der Waals surface area contributed by atoms with Gasteiger partial charge in [0.25, 0.3) is 5.91 Å². The van der Waals surface area contributed by atoms with Gasteiger partial charge in [-0.15, -0.1) is 0 Å². The number of amides is 1. The number of hydrogen-bond donors (Lipinski definition) is 2. The number of aliphatic carboxylic acids is 1. The van der Waals surface area contributed by atoms with E-state index in [1.54, 1.807) is 20.8 Å². The van der Waals surface area contributed by atoms with E-state index in [2.05, 4.69) is 10.4 Å². The van der Waals surface area contributed by atoms with Crippen LogP contribution in [0.3, 0.4) is 0 Å². The summed E-state index contributed by atoms with van der Waals surface area (Å²) < 4.78 is 40.4. The van der Waals surface area contributed by atoms with Crippen LogP contribution >= 0.6 is 0 Å². The van der Waals surface area contributed by atoms with Gasteiger partial charge < -0.3 is 10.4 Å². The van der Waals surface area contributed by atoms with Crippen molar-refractivity contribution in [1.82, 2.24) is 15.1 Å². The molecule has 1 aromatic heterocycles. The Hall–Kier alpha value is -2.06. The molecule has 6 nitrogen and oxygen atoms in total. The van der Waals surface area contributed by atoms with Crippen LogP contribution < -0.4 is 5.32 Å². The minimum atomic E-state index is -4.72. The van der Waals surface area contributed by atoms with Gasteiger partial charge in [0, 0.05) is 13.0 Å². The van der Waals surface area contributed by atoms with Crippen molar-refractivity contribution in [3.05, 3.63) is 17.5 Å². The number of rotatable bonds is 5. The second-order valence-electron chi connectivity index (χ2n) is 5.74. The molecule has 124 valence electrons. The molecule has 0 fully saturated rings. The second kappa shape index (κ2) is 6.37. The first-order chi connectivity index (χ1) is 9.94. The van der Waals surface area contributed by atoms with Gasteiger partial charge in [-0.2, -0.15) is 18.3 Å². The molecule has 0 aliphatic heterocycles. The maximum absolute atomic E-state index is 13.2. The van der Waals surface area contributed by atoms with Crippen LogP contribution in [0.1, 0.15) is 49.7 Å². The largest absolute Gasteiger partial charge is 0.481 e. The van der Waals surface area contributed by atoms with Crippen LogP contribution in [0.5, 0.6) is 0 Å². The van der Waals surface area contributed by atoms with E-state index in [4.69, 9.17) is 5.11 Å². The highest BCUT2D eigenvalue weighted by Crippen LogP contribution is 2.34. The number of nitrogens with zero attached hydrogens (tertiary/aromatic N) is 2. The van der Waals surface area contributed by atoms with E-state index in [1.807, 2.05) is 0 Å². The molecule has 22 heavy (non-hydrogen) atoms. The van der Waals surface area contributed by atoms with Crippen molar-refractivity contribution in [2.45, 2.75) is 45.3 Å². The molecular formula is C13H18F3N3O3. The Morgan fingerprint density at radius 1 is 1.32 bits per heavy atom. The maximum Gasteiger partial charge on any atom is 0.433 e. The Kier molecular flexibility index (Phi) is 5.21. The van der Waals surface area contributed by atoms with Crippen molar-refractivity contribution < 1.29 is 27.9 Å². The van der Waals surface area contributed by atoms with Crippen LogP contribution in [0, 0.1) is 0 Å². The van der Waals surface area contributed by atoms with Gasteiger partial charge in [-0.05, 0) is 27.2 Å². The van der Waals surface area contributed by atoms with Gasteiger partial charge in [-0.1, -0.05) is 0 Å². The number of carbonyl (C=O) groups is 2. The van der Waals surface area contributed by atoms with Crippen molar-refractivity contribution >= 4 is 11.9 Å². The molecule has 2 N–H and O–H groups in total. The molecule has 0 radical (unpaired) electrons. The predicted octanol–water partition coefficient (Wildman–Crippen LogP) is 2.25. The third kappa shape index (κ3) is 4.47. The average molecular weight is 321 g/mol. The quantitative estimate of drug-likeness (QED) is 0.815. The Balaban J connectivity index is 2.98. The summed E-state index contributed by atoms with van der Waals surface area (Å²) >= 11 is 0. The van der Waals surface area contributed by atoms with Gasteiger partial charge >= 0.3 is 12.1 Å². The van der Waals surface area contributed by atoms with Crippen LogP contribution in [0.25, 0.3) is 0 Å². The van der Waals surface area contributed by atoms with Crippen LogP contribution in [0.2, 0.25) is 0 Å². The molecule has 0 spiro atoms. The normalized spacial score (nSPS) is 12.3. The molecule has 0 bridgehead atoms. The molecule has 1 heterocycles. The van der Waals surface area contributed by atoms with Crippen LogP contribution in [0.4, 0.5) is 13.2 Å². The van der Waals surface area contributed by atoms with Gasteiger partial charge in [0.1, 0.15) is 0 Å². The number of carboxylic acids is 1. The molecule has 0 atom stereocenters. The van der Waals surface area contributed by atoms with E-state index in [1.165, 1.54) is 0 Å². The number of carboxylic acid groups (broad SMARTS) is 1. The lowest BCUT2D eigenvalue weighted by atomic mass is 10.1. The Bertz CT molecular complexity index is 559. The van der Waals surface area contributed by atoms with Crippen molar-refractivity contribution in [1.29, 1.82) is 0 Å². The Morgan fingerprint density at radius 3 is 2.36 bits per heavy atom. The summed E-state index contributed by atoms with van der Waals surface area (Å²) in [5, 5.41) is 14.4. The second-order valence-corrected chi connectivity index (χ2v) is 5.74. The summed E-state index contributed by atoms with van der Waals surface area (Å²) in [4.78, 5) is 22.2. The highest BCUT2D eigenvalue weighted by molar-refractivity contribution is 5.95. The number of hydrogen-bond acceptors (Lipinski definition) is 3. The smallest absolute Gasteiger partial charge is 0.433 e. The number of alkyl halides is 3. The van der Waals surface area contributed by atoms with E-state index in [0.29, 0.717) is 0 Å². The highest BCUT2D eigenvalue weighted by Gasteiger charge is 2.42. The summed E-state index contributed by atoms with van der Waals surface area (Å²) in [6.45, 7) is 4.61. The number of carbonyl (C=O) groups excluding carboxylic acids is 1. The first-order valence-electron chi connectivity index (χ1n) is 6.60. The van der Waals surface area contributed by atoms with Crippen LogP contribution in [-0.2, 0) is 16.5 Å². The van der Waals surface area contributed by atoms with Gasteiger partial charge in [0.15, 0.2) is 5.69 Å². The zero-order valence-electron chi connectivity index (χ0n) is 12.5. The summed E-state index contributed by atoms with van der Waals surface area (Å²) in [5.74, 6) is -1.96. The molecule has 0 saturated carbocycles. The lowest BCUT2D eigenvalue weighted by Crippen LogP contribution is -2.32. The van der Waals surface area contributed by atoms with Gasteiger partial charge in [-0.3, -0.25) is 14.3 Å². The van der Waals surface area contributed by atoms with Gasteiger partial charge in [0.2, 0.25) is 0 Å². The van der Waals surface area contributed by atoms with Crippen molar-refractivity contribution in [2.24, 2.45) is 0 Å². The summed E-state index contributed by atoms with van der Waals surface area (Å²) in [5.41, 5.74) is -2.62. The SMILES string of the molecule is CC(C)(C)n1ncc(C(=O)NCCCC(=O)O)c1C(F)(F)F. The first-order valence-corrected chi connectivity index (χ1v) is 6.60.